The first-order valence-corrected chi connectivity index (χ1v) is 12.7. The van der Waals surface area contributed by atoms with Crippen LogP contribution in [0.15, 0.2) is 36.4 Å². The van der Waals surface area contributed by atoms with Crippen molar-refractivity contribution in [1.29, 1.82) is 0 Å². The third-order valence-electron chi connectivity index (χ3n) is 6.16. The molecule has 2 rings (SSSR count). The van der Waals surface area contributed by atoms with Crippen LogP contribution in [-0.2, 0) is 22.4 Å². The van der Waals surface area contributed by atoms with E-state index < -0.39 is 0 Å². The Labute approximate surface area is 218 Å². The summed E-state index contributed by atoms with van der Waals surface area (Å²) in [5.74, 6) is -0.894. The number of aromatic hydroxyl groups is 4. The molecule has 2 amide bonds. The standard InChI is InChI=1S/C27H40N4O6/c28-12-1-14-30(26(36)10-6-20-4-8-22(32)24(34)18-20)16-3-17-31(15-2-13-29)27(37)11-7-21-5-9-23(33)25(35)19-21/h4-5,8-9,18-19,32-35H,1-3,6-7,10-17,28-29H2. The molecule has 0 aliphatic carbocycles. The minimum atomic E-state index is -0.214. The summed E-state index contributed by atoms with van der Waals surface area (Å²) in [6.07, 6.45) is 3.31. The molecular formula is C27H40N4O6. The highest BCUT2D eigenvalue weighted by atomic mass is 16.3. The highest BCUT2D eigenvalue weighted by Gasteiger charge is 2.17. The van der Waals surface area contributed by atoms with Crippen molar-refractivity contribution in [3.63, 3.8) is 0 Å². The quantitative estimate of drug-likeness (QED) is 0.183. The molecule has 10 heteroatoms. The van der Waals surface area contributed by atoms with E-state index in [1.807, 2.05) is 0 Å². The Balaban J connectivity index is 1.91. The lowest BCUT2D eigenvalue weighted by molar-refractivity contribution is -0.132. The van der Waals surface area contributed by atoms with E-state index >= 15 is 0 Å². The number of carbonyl (C=O) groups excluding carboxylic acids is 2. The summed E-state index contributed by atoms with van der Waals surface area (Å²) < 4.78 is 0. The molecule has 0 aromatic heterocycles. The number of rotatable bonds is 16. The van der Waals surface area contributed by atoms with Gasteiger partial charge in [0.2, 0.25) is 11.8 Å². The molecule has 2 aromatic carbocycles. The van der Waals surface area contributed by atoms with Crippen LogP contribution in [0.3, 0.4) is 0 Å². The predicted molar refractivity (Wildman–Crippen MR) is 141 cm³/mol. The van der Waals surface area contributed by atoms with Gasteiger partial charge in [-0.1, -0.05) is 12.1 Å². The maximum Gasteiger partial charge on any atom is 0.222 e. The summed E-state index contributed by atoms with van der Waals surface area (Å²) in [4.78, 5) is 29.3. The average Bonchev–Trinajstić information content (AvgIpc) is 2.88. The Hall–Kier alpha value is -3.50. The van der Waals surface area contributed by atoms with Crippen LogP contribution in [0.1, 0.15) is 43.2 Å². The van der Waals surface area contributed by atoms with Crippen LogP contribution < -0.4 is 11.5 Å². The van der Waals surface area contributed by atoms with Crippen molar-refractivity contribution in [2.24, 2.45) is 11.5 Å². The molecule has 0 saturated heterocycles. The molecule has 0 saturated carbocycles. The van der Waals surface area contributed by atoms with Crippen molar-refractivity contribution < 1.29 is 30.0 Å². The van der Waals surface area contributed by atoms with E-state index in [1.165, 1.54) is 24.3 Å². The van der Waals surface area contributed by atoms with Crippen LogP contribution in [0.2, 0.25) is 0 Å². The van der Waals surface area contributed by atoms with E-state index in [2.05, 4.69) is 0 Å². The summed E-state index contributed by atoms with van der Waals surface area (Å²) in [6, 6.07) is 9.05. The van der Waals surface area contributed by atoms with E-state index in [0.29, 0.717) is 71.4 Å². The van der Waals surface area contributed by atoms with Gasteiger partial charge in [0.25, 0.3) is 0 Å². The van der Waals surface area contributed by atoms with Crippen LogP contribution in [0, 0.1) is 0 Å². The summed E-state index contributed by atoms with van der Waals surface area (Å²) in [5, 5.41) is 38.3. The summed E-state index contributed by atoms with van der Waals surface area (Å²) >= 11 is 0. The molecule has 0 aliphatic rings. The summed E-state index contributed by atoms with van der Waals surface area (Å²) in [5.41, 5.74) is 12.8. The van der Waals surface area contributed by atoms with E-state index in [9.17, 15) is 30.0 Å². The van der Waals surface area contributed by atoms with E-state index in [4.69, 9.17) is 11.5 Å². The lowest BCUT2D eigenvalue weighted by atomic mass is 10.1. The fourth-order valence-corrected chi connectivity index (χ4v) is 4.01. The molecule has 37 heavy (non-hydrogen) atoms. The minimum Gasteiger partial charge on any atom is -0.504 e. The fraction of sp³-hybridized carbons (Fsp3) is 0.481. The van der Waals surface area contributed by atoms with Crippen molar-refractivity contribution >= 4 is 11.8 Å². The van der Waals surface area contributed by atoms with E-state index in [1.54, 1.807) is 21.9 Å². The third kappa shape index (κ3) is 10.2. The van der Waals surface area contributed by atoms with Gasteiger partial charge in [0.05, 0.1) is 0 Å². The highest BCUT2D eigenvalue weighted by molar-refractivity contribution is 5.77. The minimum absolute atomic E-state index is 0.0343. The first-order chi connectivity index (χ1) is 17.7. The molecule has 204 valence electrons. The zero-order chi connectivity index (χ0) is 27.2. The maximum atomic E-state index is 12.9. The molecule has 0 atom stereocenters. The van der Waals surface area contributed by atoms with Crippen molar-refractivity contribution in [2.45, 2.75) is 44.9 Å². The second kappa shape index (κ2) is 15.6. The predicted octanol–water partition coefficient (Wildman–Crippen LogP) is 1.82. The van der Waals surface area contributed by atoms with Crippen LogP contribution in [0.4, 0.5) is 0 Å². The second-order valence-electron chi connectivity index (χ2n) is 9.05. The molecule has 0 bridgehead atoms. The lowest BCUT2D eigenvalue weighted by Crippen LogP contribution is -2.38. The number of nitrogens with two attached hydrogens (primary N) is 2. The number of hydrogen-bond acceptors (Lipinski definition) is 8. The van der Waals surface area contributed by atoms with Crippen LogP contribution in [0.25, 0.3) is 0 Å². The molecule has 0 aliphatic heterocycles. The first-order valence-electron chi connectivity index (χ1n) is 12.7. The molecule has 0 heterocycles. The van der Waals surface area contributed by atoms with Gasteiger partial charge in [-0.15, -0.1) is 0 Å². The fourth-order valence-electron chi connectivity index (χ4n) is 4.01. The average molecular weight is 517 g/mol. The molecule has 10 nitrogen and oxygen atoms in total. The van der Waals surface area contributed by atoms with Crippen molar-refractivity contribution in [3.8, 4) is 23.0 Å². The largest absolute Gasteiger partial charge is 0.504 e. The summed E-state index contributed by atoms with van der Waals surface area (Å²) in [6.45, 7) is 2.94. The van der Waals surface area contributed by atoms with Crippen molar-refractivity contribution in [2.75, 3.05) is 39.3 Å². The van der Waals surface area contributed by atoms with Gasteiger partial charge in [0.1, 0.15) is 0 Å². The van der Waals surface area contributed by atoms with Gasteiger partial charge in [-0.05, 0) is 80.6 Å². The Kier molecular flexibility index (Phi) is 12.5. The Morgan fingerprint density at radius 2 is 0.973 bits per heavy atom. The Morgan fingerprint density at radius 3 is 1.32 bits per heavy atom. The number of hydrogen-bond donors (Lipinski definition) is 6. The highest BCUT2D eigenvalue weighted by Crippen LogP contribution is 2.26. The molecule has 0 fully saturated rings. The molecule has 0 radical (unpaired) electrons. The number of phenols is 4. The first kappa shape index (κ1) is 29.7. The maximum absolute atomic E-state index is 12.9. The molecule has 2 aromatic rings. The van der Waals surface area contributed by atoms with Crippen LogP contribution in [0.5, 0.6) is 23.0 Å². The smallest absolute Gasteiger partial charge is 0.222 e. The van der Waals surface area contributed by atoms with E-state index in [0.717, 1.165) is 11.1 Å². The zero-order valence-corrected chi connectivity index (χ0v) is 21.3. The number of phenolic OH excluding ortho intramolecular Hbond substituents is 4. The Bertz CT molecular complexity index is 937. The van der Waals surface area contributed by atoms with Crippen molar-refractivity contribution in [3.05, 3.63) is 47.5 Å². The SMILES string of the molecule is NCCCN(CCCN(CCCN)C(=O)CCc1ccc(O)c(O)c1)C(=O)CCc1ccc(O)c(O)c1. The number of benzene rings is 2. The van der Waals surface area contributed by atoms with Crippen molar-refractivity contribution in [1.82, 2.24) is 9.80 Å². The molecule has 0 spiro atoms. The van der Waals surface area contributed by atoms with Gasteiger partial charge < -0.3 is 41.7 Å². The molecular weight excluding hydrogens is 476 g/mol. The third-order valence-corrected chi connectivity index (χ3v) is 6.16. The second-order valence-corrected chi connectivity index (χ2v) is 9.05. The summed E-state index contributed by atoms with van der Waals surface area (Å²) in [7, 11) is 0. The number of nitrogens with zero attached hydrogens (tertiary/aromatic N) is 2. The number of aryl methyl sites for hydroxylation is 2. The molecule has 8 N–H and O–H groups in total. The van der Waals surface area contributed by atoms with Crippen LogP contribution in [-0.4, -0.2) is 81.3 Å². The zero-order valence-electron chi connectivity index (χ0n) is 21.3. The van der Waals surface area contributed by atoms with Gasteiger partial charge in [-0.3, -0.25) is 9.59 Å². The normalized spacial score (nSPS) is 10.9. The number of carbonyl (C=O) groups is 2. The van der Waals surface area contributed by atoms with Gasteiger partial charge in [-0.2, -0.15) is 0 Å². The number of amides is 2. The van der Waals surface area contributed by atoms with Gasteiger partial charge in [-0.25, -0.2) is 0 Å². The Morgan fingerprint density at radius 1 is 0.595 bits per heavy atom. The molecule has 0 unspecified atom stereocenters. The van der Waals surface area contributed by atoms with Gasteiger partial charge in [0.15, 0.2) is 23.0 Å². The van der Waals surface area contributed by atoms with Gasteiger partial charge >= 0.3 is 0 Å². The van der Waals surface area contributed by atoms with Crippen LogP contribution >= 0.6 is 0 Å². The topological polar surface area (TPSA) is 174 Å². The van der Waals surface area contributed by atoms with E-state index in [-0.39, 0.29) is 47.7 Å². The monoisotopic (exact) mass is 516 g/mol. The lowest BCUT2D eigenvalue weighted by Gasteiger charge is -2.26. The van der Waals surface area contributed by atoms with Gasteiger partial charge in [0, 0.05) is 39.0 Å².